The van der Waals surface area contributed by atoms with Crippen LogP contribution >= 0.6 is 11.3 Å². The second-order valence-electron chi connectivity index (χ2n) is 4.82. The molecule has 98 valence electrons. The molecule has 1 fully saturated rings. The van der Waals surface area contributed by atoms with Crippen molar-refractivity contribution in [3.63, 3.8) is 0 Å². The lowest BCUT2D eigenvalue weighted by Gasteiger charge is -1.99. The summed E-state index contributed by atoms with van der Waals surface area (Å²) < 4.78 is 4.76. The van der Waals surface area contributed by atoms with E-state index in [0.717, 1.165) is 22.2 Å². The zero-order valence-electron chi connectivity index (χ0n) is 11.0. The highest BCUT2D eigenvalue weighted by molar-refractivity contribution is 7.17. The van der Waals surface area contributed by atoms with Crippen LogP contribution in [0.1, 0.15) is 39.7 Å². The van der Waals surface area contributed by atoms with Crippen molar-refractivity contribution in [2.75, 3.05) is 7.11 Å². The van der Waals surface area contributed by atoms with Crippen molar-refractivity contribution in [1.29, 1.82) is 0 Å². The first-order valence-electron chi connectivity index (χ1n) is 6.35. The average Bonchev–Trinajstić information content (AvgIpc) is 3.21. The third-order valence-corrected chi connectivity index (χ3v) is 4.56. The summed E-state index contributed by atoms with van der Waals surface area (Å²) in [6.07, 6.45) is 2.62. The Labute approximate surface area is 116 Å². The van der Waals surface area contributed by atoms with Gasteiger partial charge in [0.25, 0.3) is 0 Å². The van der Waals surface area contributed by atoms with Crippen molar-refractivity contribution >= 4 is 17.3 Å². The molecule has 0 atom stereocenters. The van der Waals surface area contributed by atoms with Gasteiger partial charge in [0.1, 0.15) is 9.88 Å². The standard InChI is InChI=1S/C15H15NO2S/c1-9-13(15(17)18-2)19-14(16-9)12-7-5-11(6-8-12)10-3-4-10/h5-8,10H,3-4H2,1-2H3. The lowest BCUT2D eigenvalue weighted by atomic mass is 10.1. The predicted molar refractivity (Wildman–Crippen MR) is 75.6 cm³/mol. The Balaban J connectivity index is 1.90. The molecule has 19 heavy (non-hydrogen) atoms. The number of hydrogen-bond donors (Lipinski definition) is 0. The van der Waals surface area contributed by atoms with Gasteiger partial charge in [0.2, 0.25) is 0 Å². The number of benzene rings is 1. The third-order valence-electron chi connectivity index (χ3n) is 3.37. The second kappa shape index (κ2) is 4.78. The van der Waals surface area contributed by atoms with Crippen LogP contribution in [0.15, 0.2) is 24.3 Å². The molecule has 1 aliphatic rings. The molecule has 0 saturated heterocycles. The van der Waals surface area contributed by atoms with Gasteiger partial charge in [-0.2, -0.15) is 0 Å². The van der Waals surface area contributed by atoms with Gasteiger partial charge >= 0.3 is 5.97 Å². The maximum absolute atomic E-state index is 11.6. The smallest absolute Gasteiger partial charge is 0.349 e. The highest BCUT2D eigenvalue weighted by Gasteiger charge is 2.23. The van der Waals surface area contributed by atoms with Crippen LogP contribution in [0.3, 0.4) is 0 Å². The number of nitrogens with zero attached hydrogens (tertiary/aromatic N) is 1. The van der Waals surface area contributed by atoms with Crippen LogP contribution in [0.5, 0.6) is 0 Å². The van der Waals surface area contributed by atoms with Crippen molar-refractivity contribution in [3.8, 4) is 10.6 Å². The van der Waals surface area contributed by atoms with E-state index in [1.165, 1.54) is 36.9 Å². The van der Waals surface area contributed by atoms with Crippen molar-refractivity contribution in [3.05, 3.63) is 40.4 Å². The lowest BCUT2D eigenvalue weighted by molar-refractivity contribution is 0.0605. The minimum atomic E-state index is -0.309. The summed E-state index contributed by atoms with van der Waals surface area (Å²) in [5, 5.41) is 0.875. The number of aromatic nitrogens is 1. The molecule has 4 heteroatoms. The average molecular weight is 273 g/mol. The van der Waals surface area contributed by atoms with Crippen LogP contribution in [0.25, 0.3) is 10.6 Å². The Kier molecular flexibility index (Phi) is 3.11. The summed E-state index contributed by atoms with van der Waals surface area (Å²) in [6.45, 7) is 1.84. The molecule has 1 aromatic heterocycles. The molecular formula is C15H15NO2S. The fourth-order valence-corrected chi connectivity index (χ4v) is 3.11. The Morgan fingerprint density at radius 2 is 2.00 bits per heavy atom. The highest BCUT2D eigenvalue weighted by atomic mass is 32.1. The monoisotopic (exact) mass is 273 g/mol. The van der Waals surface area contributed by atoms with Gasteiger partial charge in [-0.25, -0.2) is 9.78 Å². The van der Waals surface area contributed by atoms with E-state index in [0.29, 0.717) is 4.88 Å². The van der Waals surface area contributed by atoms with Crippen molar-refractivity contribution in [2.24, 2.45) is 0 Å². The number of methoxy groups -OCH3 is 1. The number of carbonyl (C=O) groups excluding carboxylic acids is 1. The zero-order valence-corrected chi connectivity index (χ0v) is 11.8. The van der Waals surface area contributed by atoms with E-state index in [2.05, 4.69) is 29.2 Å². The van der Waals surface area contributed by atoms with Crippen molar-refractivity contribution in [1.82, 2.24) is 4.98 Å². The molecule has 0 radical (unpaired) electrons. The molecule has 0 N–H and O–H groups in total. The Hall–Kier alpha value is -1.68. The topological polar surface area (TPSA) is 39.2 Å². The SMILES string of the molecule is COC(=O)c1sc(-c2ccc(C3CC3)cc2)nc1C. The van der Waals surface area contributed by atoms with Gasteiger partial charge in [-0.3, -0.25) is 0 Å². The summed E-state index contributed by atoms with van der Waals surface area (Å²) in [5.41, 5.74) is 3.20. The first-order valence-corrected chi connectivity index (χ1v) is 7.16. The summed E-state index contributed by atoms with van der Waals surface area (Å²) in [4.78, 5) is 16.6. The van der Waals surface area contributed by atoms with Crippen LogP contribution in [0, 0.1) is 6.92 Å². The second-order valence-corrected chi connectivity index (χ2v) is 5.82. The summed E-state index contributed by atoms with van der Waals surface area (Å²) in [7, 11) is 1.39. The van der Waals surface area contributed by atoms with Gasteiger partial charge in [0, 0.05) is 5.56 Å². The molecule has 3 rings (SSSR count). The maximum atomic E-state index is 11.6. The van der Waals surface area contributed by atoms with Crippen LogP contribution in [0.2, 0.25) is 0 Å². The van der Waals surface area contributed by atoms with Crippen LogP contribution in [-0.4, -0.2) is 18.1 Å². The molecule has 0 spiro atoms. The largest absolute Gasteiger partial charge is 0.465 e. The number of carbonyl (C=O) groups is 1. The van der Waals surface area contributed by atoms with Crippen molar-refractivity contribution < 1.29 is 9.53 Å². The fourth-order valence-electron chi connectivity index (χ4n) is 2.12. The molecule has 1 aliphatic carbocycles. The van der Waals surface area contributed by atoms with Crippen LogP contribution in [-0.2, 0) is 4.74 Å². The van der Waals surface area contributed by atoms with Crippen LogP contribution < -0.4 is 0 Å². The molecule has 1 saturated carbocycles. The van der Waals surface area contributed by atoms with Gasteiger partial charge < -0.3 is 4.74 Å². The first-order chi connectivity index (χ1) is 9.19. The number of esters is 1. The number of ether oxygens (including phenoxy) is 1. The van der Waals surface area contributed by atoms with Crippen LogP contribution in [0.4, 0.5) is 0 Å². The molecule has 2 aromatic rings. The lowest BCUT2D eigenvalue weighted by Crippen LogP contribution is -1.99. The Bertz CT molecular complexity index is 612. The molecule has 1 heterocycles. The molecule has 0 amide bonds. The number of thiazole rings is 1. The summed E-state index contributed by atoms with van der Waals surface area (Å²) >= 11 is 1.39. The van der Waals surface area contributed by atoms with E-state index in [9.17, 15) is 4.79 Å². The van der Waals surface area contributed by atoms with Gasteiger partial charge in [0.15, 0.2) is 0 Å². The third kappa shape index (κ3) is 2.40. The number of aryl methyl sites for hydroxylation is 1. The molecule has 0 aliphatic heterocycles. The van der Waals surface area contributed by atoms with Gasteiger partial charge in [0.05, 0.1) is 12.8 Å². The fraction of sp³-hybridized carbons (Fsp3) is 0.333. The maximum Gasteiger partial charge on any atom is 0.349 e. The zero-order chi connectivity index (χ0) is 13.4. The summed E-state index contributed by atoms with van der Waals surface area (Å²) in [6, 6.07) is 8.52. The van der Waals surface area contributed by atoms with Gasteiger partial charge in [-0.05, 0) is 31.2 Å². The number of rotatable bonds is 3. The van der Waals surface area contributed by atoms with Gasteiger partial charge in [-0.15, -0.1) is 11.3 Å². The molecular weight excluding hydrogens is 258 g/mol. The van der Waals surface area contributed by atoms with E-state index in [1.807, 2.05) is 6.92 Å². The molecule has 0 bridgehead atoms. The first kappa shape index (κ1) is 12.4. The Morgan fingerprint density at radius 3 is 2.58 bits per heavy atom. The van der Waals surface area contributed by atoms with E-state index < -0.39 is 0 Å². The normalized spacial score (nSPS) is 14.4. The molecule has 0 unspecified atom stereocenters. The summed E-state index contributed by atoms with van der Waals surface area (Å²) in [5.74, 6) is 0.452. The Morgan fingerprint density at radius 1 is 1.32 bits per heavy atom. The number of hydrogen-bond acceptors (Lipinski definition) is 4. The van der Waals surface area contributed by atoms with E-state index in [1.54, 1.807) is 0 Å². The minimum absolute atomic E-state index is 0.309. The van der Waals surface area contributed by atoms with Gasteiger partial charge in [-0.1, -0.05) is 24.3 Å². The van der Waals surface area contributed by atoms with Crippen molar-refractivity contribution in [2.45, 2.75) is 25.7 Å². The van der Waals surface area contributed by atoms with E-state index in [-0.39, 0.29) is 5.97 Å². The predicted octanol–water partition coefficient (Wildman–Crippen LogP) is 3.78. The molecule has 3 nitrogen and oxygen atoms in total. The van der Waals surface area contributed by atoms with E-state index >= 15 is 0 Å². The molecule has 1 aromatic carbocycles. The van der Waals surface area contributed by atoms with E-state index in [4.69, 9.17) is 4.74 Å². The highest BCUT2D eigenvalue weighted by Crippen LogP contribution is 2.40. The minimum Gasteiger partial charge on any atom is -0.465 e. The quantitative estimate of drug-likeness (QED) is 0.799.